The Hall–Kier alpha value is -2.64. The van der Waals surface area contributed by atoms with Crippen molar-refractivity contribution in [1.82, 2.24) is 4.98 Å². The summed E-state index contributed by atoms with van der Waals surface area (Å²) in [6.45, 7) is 2.74. The van der Waals surface area contributed by atoms with E-state index >= 15 is 0 Å². The van der Waals surface area contributed by atoms with Crippen LogP contribution in [-0.4, -0.2) is 23.3 Å². The predicted octanol–water partition coefficient (Wildman–Crippen LogP) is 1.34. The van der Waals surface area contributed by atoms with Crippen LogP contribution in [0.25, 0.3) is 0 Å². The van der Waals surface area contributed by atoms with E-state index in [2.05, 4.69) is 19.2 Å². The van der Waals surface area contributed by atoms with E-state index in [4.69, 9.17) is 4.74 Å². The van der Waals surface area contributed by atoms with Crippen LogP contribution in [0.2, 0.25) is 0 Å². The van der Waals surface area contributed by atoms with Gasteiger partial charge in [-0.2, -0.15) is 0 Å². The van der Waals surface area contributed by atoms with Gasteiger partial charge in [0.15, 0.2) is 5.75 Å². The molecule has 8 nitrogen and oxygen atoms in total. The normalized spacial score (nSPS) is 13.7. The standard InChI is InChI=1S/C10H7NO7/c1-4-6(15-5(2)12)3-7-8(11-4)17-10(14)18-9(13)16-7/h3H,1-2H3. The first-order chi connectivity index (χ1) is 8.45. The molecule has 2 heterocycles. The van der Waals surface area contributed by atoms with E-state index < -0.39 is 18.3 Å². The Balaban J connectivity index is 2.44. The SMILES string of the molecule is CC(=O)Oc1cc2c(nc1C)OC(=O)OC(=O)O2. The van der Waals surface area contributed by atoms with Crippen molar-refractivity contribution in [3.63, 3.8) is 0 Å². The van der Waals surface area contributed by atoms with Crippen LogP contribution < -0.4 is 14.2 Å². The molecule has 94 valence electrons. The number of pyridine rings is 1. The third-order valence-corrected chi connectivity index (χ3v) is 1.89. The van der Waals surface area contributed by atoms with Crippen LogP contribution in [0.15, 0.2) is 6.07 Å². The summed E-state index contributed by atoms with van der Waals surface area (Å²) in [5, 5.41) is 0. The summed E-state index contributed by atoms with van der Waals surface area (Å²) >= 11 is 0. The number of carbonyl (C=O) groups is 3. The van der Waals surface area contributed by atoms with Crippen LogP contribution in [0.4, 0.5) is 9.59 Å². The minimum Gasteiger partial charge on any atom is -0.425 e. The van der Waals surface area contributed by atoms with Crippen LogP contribution in [0.5, 0.6) is 17.4 Å². The summed E-state index contributed by atoms with van der Waals surface area (Å²) in [6, 6.07) is 1.21. The summed E-state index contributed by atoms with van der Waals surface area (Å²) in [4.78, 5) is 36.6. The van der Waals surface area contributed by atoms with Crippen LogP contribution in [0, 0.1) is 6.92 Å². The maximum absolute atomic E-state index is 11.0. The van der Waals surface area contributed by atoms with Gasteiger partial charge in [0.25, 0.3) is 5.88 Å². The molecule has 0 spiro atoms. The summed E-state index contributed by atoms with van der Waals surface area (Å²) in [6.07, 6.45) is -2.50. The van der Waals surface area contributed by atoms with Gasteiger partial charge in [-0.05, 0) is 6.92 Å². The van der Waals surface area contributed by atoms with E-state index in [0.717, 1.165) is 0 Å². The lowest BCUT2D eigenvalue weighted by molar-refractivity contribution is -0.131. The quantitative estimate of drug-likeness (QED) is 0.545. The lowest BCUT2D eigenvalue weighted by atomic mass is 10.3. The van der Waals surface area contributed by atoms with Crippen molar-refractivity contribution in [2.45, 2.75) is 13.8 Å². The molecule has 8 heteroatoms. The number of fused-ring (bicyclic) bond motifs is 1. The Kier molecular flexibility index (Phi) is 2.84. The second-order valence-electron chi connectivity index (χ2n) is 3.28. The second kappa shape index (κ2) is 4.32. The van der Waals surface area contributed by atoms with Crippen LogP contribution in [-0.2, 0) is 9.53 Å². The minimum absolute atomic E-state index is 0.0898. The zero-order chi connectivity index (χ0) is 13.3. The summed E-state index contributed by atoms with van der Waals surface area (Å²) < 4.78 is 18.2. The number of carbonyl (C=O) groups excluding carboxylic acids is 3. The van der Waals surface area contributed by atoms with Gasteiger partial charge in [-0.25, -0.2) is 14.6 Å². The highest BCUT2D eigenvalue weighted by molar-refractivity contribution is 5.82. The minimum atomic E-state index is -1.25. The van der Waals surface area contributed by atoms with Crippen LogP contribution >= 0.6 is 0 Å². The largest absolute Gasteiger partial charge is 0.525 e. The number of hydrogen-bond acceptors (Lipinski definition) is 8. The van der Waals surface area contributed by atoms with Gasteiger partial charge in [-0.15, -0.1) is 0 Å². The molecule has 2 rings (SSSR count). The first kappa shape index (κ1) is 11.8. The first-order valence-corrected chi connectivity index (χ1v) is 4.77. The van der Waals surface area contributed by atoms with Gasteiger partial charge in [-0.1, -0.05) is 0 Å². The number of aromatic nitrogens is 1. The number of cyclic esters (lactones) is 2. The predicted molar refractivity (Wildman–Crippen MR) is 53.4 cm³/mol. The van der Waals surface area contributed by atoms with E-state index in [0.29, 0.717) is 0 Å². The molecule has 0 atom stereocenters. The van der Waals surface area contributed by atoms with Crippen molar-refractivity contribution in [2.24, 2.45) is 0 Å². The molecule has 0 N–H and O–H groups in total. The van der Waals surface area contributed by atoms with Gasteiger partial charge >= 0.3 is 18.3 Å². The Bertz CT molecular complexity index is 551. The van der Waals surface area contributed by atoms with Gasteiger partial charge in [-0.3, -0.25) is 4.79 Å². The maximum Gasteiger partial charge on any atom is 0.525 e. The van der Waals surface area contributed by atoms with Crippen molar-refractivity contribution >= 4 is 18.3 Å². The summed E-state index contributed by atoms with van der Waals surface area (Å²) in [7, 11) is 0. The average Bonchev–Trinajstić information content (AvgIpc) is 2.35. The fraction of sp³-hybridized carbons (Fsp3) is 0.200. The molecule has 0 aliphatic carbocycles. The monoisotopic (exact) mass is 253 g/mol. The van der Waals surface area contributed by atoms with Crippen molar-refractivity contribution in [1.29, 1.82) is 0 Å². The highest BCUT2D eigenvalue weighted by Gasteiger charge is 2.26. The molecule has 1 aromatic rings. The third kappa shape index (κ3) is 2.37. The molecule has 1 aliphatic heterocycles. The third-order valence-electron chi connectivity index (χ3n) is 1.89. The molecule has 1 aromatic heterocycles. The van der Waals surface area contributed by atoms with Crippen molar-refractivity contribution in [3.05, 3.63) is 11.8 Å². The fourth-order valence-electron chi connectivity index (χ4n) is 1.23. The number of aryl methyl sites for hydroxylation is 1. The van der Waals surface area contributed by atoms with E-state index in [1.807, 2.05) is 0 Å². The van der Waals surface area contributed by atoms with Crippen molar-refractivity contribution in [3.8, 4) is 17.4 Å². The molecule has 0 radical (unpaired) electrons. The highest BCUT2D eigenvalue weighted by Crippen LogP contribution is 2.33. The number of ether oxygens (including phenoxy) is 4. The van der Waals surface area contributed by atoms with E-state index in [1.54, 1.807) is 0 Å². The molecule has 1 aliphatic rings. The Morgan fingerprint density at radius 3 is 2.56 bits per heavy atom. The first-order valence-electron chi connectivity index (χ1n) is 4.77. The molecule has 18 heavy (non-hydrogen) atoms. The topological polar surface area (TPSA) is 101 Å². The van der Waals surface area contributed by atoms with Gasteiger partial charge in [0.2, 0.25) is 5.75 Å². The van der Waals surface area contributed by atoms with Crippen LogP contribution in [0.3, 0.4) is 0 Å². The molecule has 0 saturated carbocycles. The number of rotatable bonds is 1. The molecule has 0 saturated heterocycles. The van der Waals surface area contributed by atoms with Crippen LogP contribution in [0.1, 0.15) is 12.6 Å². The molecule has 0 aromatic carbocycles. The summed E-state index contributed by atoms with van der Waals surface area (Å²) in [5.41, 5.74) is 0.287. The average molecular weight is 253 g/mol. The van der Waals surface area contributed by atoms with E-state index in [1.165, 1.54) is 19.9 Å². The molecule has 0 amide bonds. The van der Waals surface area contributed by atoms with E-state index in [9.17, 15) is 14.4 Å². The van der Waals surface area contributed by atoms with Gasteiger partial charge in [0.05, 0.1) is 5.69 Å². The lowest BCUT2D eigenvalue weighted by Crippen LogP contribution is -2.14. The molecule has 0 fully saturated rings. The molecule has 0 unspecified atom stereocenters. The molecule has 0 bridgehead atoms. The second-order valence-corrected chi connectivity index (χ2v) is 3.28. The Labute approximate surface area is 100 Å². The van der Waals surface area contributed by atoms with Gasteiger partial charge in [0.1, 0.15) is 0 Å². The molecular weight excluding hydrogens is 246 g/mol. The van der Waals surface area contributed by atoms with Crippen molar-refractivity contribution < 1.29 is 33.3 Å². The number of hydrogen-bond donors (Lipinski definition) is 0. The number of nitrogens with zero attached hydrogens (tertiary/aromatic N) is 1. The maximum atomic E-state index is 11.0. The fourth-order valence-corrected chi connectivity index (χ4v) is 1.23. The number of esters is 1. The van der Waals surface area contributed by atoms with Gasteiger partial charge in [0, 0.05) is 13.0 Å². The zero-order valence-corrected chi connectivity index (χ0v) is 9.38. The van der Waals surface area contributed by atoms with Crippen molar-refractivity contribution in [2.75, 3.05) is 0 Å². The zero-order valence-electron chi connectivity index (χ0n) is 9.38. The summed E-state index contributed by atoms with van der Waals surface area (Å²) in [5.74, 6) is -0.882. The Morgan fingerprint density at radius 2 is 1.89 bits per heavy atom. The molecular formula is C10H7NO7. The Morgan fingerprint density at radius 1 is 1.22 bits per heavy atom. The smallest absolute Gasteiger partial charge is 0.425 e. The van der Waals surface area contributed by atoms with E-state index in [-0.39, 0.29) is 23.1 Å². The highest BCUT2D eigenvalue weighted by atomic mass is 16.8. The van der Waals surface area contributed by atoms with Gasteiger partial charge < -0.3 is 18.9 Å². The lowest BCUT2D eigenvalue weighted by Gasteiger charge is -2.08.